The van der Waals surface area contributed by atoms with Crippen molar-refractivity contribution in [1.29, 1.82) is 0 Å². The molecule has 0 saturated heterocycles. The van der Waals surface area contributed by atoms with E-state index in [1.165, 1.54) is 0 Å². The molecule has 1 aliphatic rings. The molecule has 0 N–H and O–H groups in total. The van der Waals surface area contributed by atoms with Gasteiger partial charge >= 0.3 is 0 Å². The van der Waals surface area contributed by atoms with Gasteiger partial charge in [-0.3, -0.25) is 14.2 Å². The Hall–Kier alpha value is -2.20. The summed E-state index contributed by atoms with van der Waals surface area (Å²) in [6.07, 6.45) is 0. The van der Waals surface area contributed by atoms with Gasteiger partial charge in [-0.1, -0.05) is 46.3 Å². The zero-order valence-electron chi connectivity index (χ0n) is 11.0. The maximum absolute atomic E-state index is 12.7. The normalized spacial score (nSPS) is 12.5. The molecule has 21 heavy (non-hydrogen) atoms. The number of aromatic nitrogens is 1. The minimum Gasteiger partial charge on any atom is -0.289 e. The van der Waals surface area contributed by atoms with E-state index in [-0.39, 0.29) is 11.3 Å². The maximum Gasteiger partial charge on any atom is 0.263 e. The summed E-state index contributed by atoms with van der Waals surface area (Å²) in [6, 6.07) is 14.7. The highest BCUT2D eigenvalue weighted by molar-refractivity contribution is 9.08. The Morgan fingerprint density at radius 1 is 0.905 bits per heavy atom. The number of fused-ring (bicyclic) bond motifs is 5. The van der Waals surface area contributed by atoms with Crippen LogP contribution in [-0.4, -0.2) is 10.5 Å². The molecule has 0 amide bonds. The standard InChI is InChI=1S/C17H10BrNO2/c18-9-13-15-10-5-1-2-6-11(10)17(21)19(15)14-8-4-3-7-12(14)16(13)20/h1-8H,9H2. The molecule has 4 heteroatoms. The molecule has 4 rings (SSSR count). The van der Waals surface area contributed by atoms with Crippen molar-refractivity contribution in [3.63, 3.8) is 0 Å². The van der Waals surface area contributed by atoms with Crippen molar-refractivity contribution in [2.75, 3.05) is 0 Å². The molecule has 0 aliphatic carbocycles. The minimum atomic E-state index is -0.0704. The lowest BCUT2D eigenvalue weighted by Crippen LogP contribution is -2.17. The summed E-state index contributed by atoms with van der Waals surface area (Å²) in [5.74, 6) is -0.0704. The second-order valence-corrected chi connectivity index (χ2v) is 5.55. The van der Waals surface area contributed by atoms with Crippen LogP contribution in [0.25, 0.3) is 22.2 Å². The molecular formula is C17H10BrNO2. The lowest BCUT2D eigenvalue weighted by atomic mass is 10.0. The van der Waals surface area contributed by atoms with Gasteiger partial charge in [0.2, 0.25) is 0 Å². The van der Waals surface area contributed by atoms with Gasteiger partial charge < -0.3 is 0 Å². The Labute approximate surface area is 129 Å². The molecule has 0 atom stereocenters. The molecule has 0 bridgehead atoms. The molecule has 102 valence electrons. The fourth-order valence-electron chi connectivity index (χ4n) is 3.00. The summed E-state index contributed by atoms with van der Waals surface area (Å²) in [5, 5.41) is 1.00. The number of rotatable bonds is 1. The van der Waals surface area contributed by atoms with Crippen molar-refractivity contribution >= 4 is 32.7 Å². The van der Waals surface area contributed by atoms with Crippen molar-refractivity contribution in [3.8, 4) is 11.3 Å². The zero-order valence-corrected chi connectivity index (χ0v) is 12.6. The van der Waals surface area contributed by atoms with Crippen molar-refractivity contribution in [2.24, 2.45) is 0 Å². The number of halogens is 1. The molecule has 1 aromatic heterocycles. The monoisotopic (exact) mass is 339 g/mol. The fourth-order valence-corrected chi connectivity index (χ4v) is 3.52. The summed E-state index contributed by atoms with van der Waals surface area (Å²) in [4.78, 5) is 25.4. The molecule has 3 aromatic rings. The van der Waals surface area contributed by atoms with Crippen molar-refractivity contribution in [3.05, 3.63) is 69.9 Å². The number of para-hydroxylation sites is 1. The van der Waals surface area contributed by atoms with E-state index in [2.05, 4.69) is 15.9 Å². The Morgan fingerprint density at radius 3 is 2.33 bits per heavy atom. The first-order chi connectivity index (χ1) is 10.2. The van der Waals surface area contributed by atoms with E-state index < -0.39 is 0 Å². The number of hydrogen-bond acceptors (Lipinski definition) is 2. The van der Waals surface area contributed by atoms with E-state index in [0.29, 0.717) is 27.4 Å². The van der Waals surface area contributed by atoms with Crippen LogP contribution in [0.3, 0.4) is 0 Å². The molecule has 0 unspecified atom stereocenters. The Bertz CT molecular complexity index is 972. The van der Waals surface area contributed by atoms with Crippen LogP contribution in [0.1, 0.15) is 15.9 Å². The molecule has 0 fully saturated rings. The number of pyridine rings is 1. The SMILES string of the molecule is O=C1c2ccccc2-c2c(CBr)c(=O)c3ccccc3n21. The van der Waals surface area contributed by atoms with Crippen molar-refractivity contribution in [2.45, 2.75) is 5.33 Å². The average Bonchev–Trinajstić information content (AvgIpc) is 2.82. The summed E-state index contributed by atoms with van der Waals surface area (Å²) >= 11 is 3.39. The summed E-state index contributed by atoms with van der Waals surface area (Å²) in [7, 11) is 0. The van der Waals surface area contributed by atoms with Gasteiger partial charge in [0.05, 0.1) is 11.2 Å². The zero-order chi connectivity index (χ0) is 14.6. The van der Waals surface area contributed by atoms with Crippen molar-refractivity contribution in [1.82, 2.24) is 4.57 Å². The predicted octanol–water partition coefficient (Wildman–Crippen LogP) is 3.57. The first kappa shape index (κ1) is 12.5. The summed E-state index contributed by atoms with van der Waals surface area (Å²) in [6.45, 7) is 0. The quantitative estimate of drug-likeness (QED) is 0.497. The minimum absolute atomic E-state index is 0.0155. The molecule has 2 heterocycles. The van der Waals surface area contributed by atoms with E-state index >= 15 is 0 Å². The highest BCUT2D eigenvalue weighted by Crippen LogP contribution is 2.36. The number of alkyl halides is 1. The highest BCUT2D eigenvalue weighted by Gasteiger charge is 2.30. The first-order valence-corrected chi connectivity index (χ1v) is 7.73. The Balaban J connectivity index is 2.29. The largest absolute Gasteiger partial charge is 0.289 e. The molecule has 0 saturated carbocycles. The van der Waals surface area contributed by atoms with Gasteiger partial charge in [-0.05, 0) is 18.2 Å². The lowest BCUT2D eigenvalue weighted by molar-refractivity contribution is 0.0973. The van der Waals surface area contributed by atoms with Crippen molar-refractivity contribution < 1.29 is 4.79 Å². The van der Waals surface area contributed by atoms with E-state index in [1.54, 1.807) is 10.6 Å². The number of nitrogens with zero attached hydrogens (tertiary/aromatic N) is 1. The maximum atomic E-state index is 12.7. The van der Waals surface area contributed by atoms with Crippen LogP contribution in [0, 0.1) is 0 Å². The summed E-state index contributed by atoms with van der Waals surface area (Å²) < 4.78 is 1.66. The third kappa shape index (κ3) is 1.54. The van der Waals surface area contributed by atoms with Crippen LogP contribution in [-0.2, 0) is 5.33 Å². The average molecular weight is 340 g/mol. The second-order valence-electron chi connectivity index (χ2n) is 4.99. The molecule has 0 radical (unpaired) electrons. The van der Waals surface area contributed by atoms with E-state index in [4.69, 9.17) is 0 Å². The van der Waals surface area contributed by atoms with Crippen LogP contribution in [0.15, 0.2) is 53.3 Å². The topological polar surface area (TPSA) is 39.1 Å². The van der Waals surface area contributed by atoms with Gasteiger partial charge in [-0.15, -0.1) is 0 Å². The molecule has 2 aromatic carbocycles. The Kier molecular flexibility index (Phi) is 2.62. The summed E-state index contributed by atoms with van der Waals surface area (Å²) in [5.41, 5.74) is 3.49. The van der Waals surface area contributed by atoms with E-state index in [0.717, 1.165) is 11.3 Å². The highest BCUT2D eigenvalue weighted by atomic mass is 79.9. The molecule has 0 spiro atoms. The molecule has 1 aliphatic heterocycles. The van der Waals surface area contributed by atoms with Crippen LogP contribution in [0.5, 0.6) is 0 Å². The lowest BCUT2D eigenvalue weighted by Gasteiger charge is -2.11. The number of carbonyl (C=O) groups excluding carboxylic acids is 1. The second kappa shape index (κ2) is 4.40. The first-order valence-electron chi connectivity index (χ1n) is 6.60. The van der Waals surface area contributed by atoms with E-state index in [1.807, 2.05) is 42.5 Å². The molecule has 3 nitrogen and oxygen atoms in total. The van der Waals surface area contributed by atoms with Crippen LogP contribution in [0.4, 0.5) is 0 Å². The van der Waals surface area contributed by atoms with Gasteiger partial charge in [0.1, 0.15) is 0 Å². The van der Waals surface area contributed by atoms with Crippen LogP contribution < -0.4 is 5.43 Å². The van der Waals surface area contributed by atoms with E-state index in [9.17, 15) is 9.59 Å². The van der Waals surface area contributed by atoms with Gasteiger partial charge in [0, 0.05) is 27.4 Å². The predicted molar refractivity (Wildman–Crippen MR) is 86.0 cm³/mol. The fraction of sp³-hybridized carbons (Fsp3) is 0.0588. The van der Waals surface area contributed by atoms with Gasteiger partial charge in [-0.2, -0.15) is 0 Å². The van der Waals surface area contributed by atoms with Gasteiger partial charge in [0.25, 0.3) is 5.91 Å². The van der Waals surface area contributed by atoms with Crippen LogP contribution >= 0.6 is 15.9 Å². The van der Waals surface area contributed by atoms with Gasteiger partial charge in [0.15, 0.2) is 5.43 Å². The Morgan fingerprint density at radius 2 is 1.57 bits per heavy atom. The molecular weight excluding hydrogens is 330 g/mol. The number of benzene rings is 2. The number of carbonyl (C=O) groups is 1. The third-order valence-corrected chi connectivity index (χ3v) is 4.48. The number of hydrogen-bond donors (Lipinski definition) is 0. The smallest absolute Gasteiger partial charge is 0.263 e. The van der Waals surface area contributed by atoms with Gasteiger partial charge in [-0.25, -0.2) is 0 Å². The third-order valence-electron chi connectivity index (χ3n) is 3.92. The van der Waals surface area contributed by atoms with Crippen LogP contribution in [0.2, 0.25) is 0 Å².